The van der Waals surface area contributed by atoms with Crippen molar-refractivity contribution in [3.05, 3.63) is 82.0 Å². The lowest BCUT2D eigenvalue weighted by Crippen LogP contribution is -2.30. The molecule has 1 aromatic carbocycles. The summed E-state index contributed by atoms with van der Waals surface area (Å²) < 4.78 is 7.70. The highest BCUT2D eigenvalue weighted by Gasteiger charge is 2.32. The van der Waals surface area contributed by atoms with Crippen molar-refractivity contribution in [3.63, 3.8) is 0 Å². The fraction of sp³-hybridized carbons (Fsp3) is 0.292. The van der Waals surface area contributed by atoms with Crippen LogP contribution in [0.5, 0.6) is 5.75 Å². The number of halogens is 1. The summed E-state index contributed by atoms with van der Waals surface area (Å²) >= 11 is 6.15. The molecule has 1 aliphatic heterocycles. The van der Waals surface area contributed by atoms with Gasteiger partial charge in [0.15, 0.2) is 0 Å². The van der Waals surface area contributed by atoms with Crippen LogP contribution in [0.2, 0.25) is 5.02 Å². The van der Waals surface area contributed by atoms with E-state index < -0.39 is 0 Å². The van der Waals surface area contributed by atoms with Gasteiger partial charge in [-0.25, -0.2) is 4.98 Å². The van der Waals surface area contributed by atoms with Crippen LogP contribution in [0.1, 0.15) is 45.5 Å². The smallest absolute Gasteiger partial charge is 0.272 e. The lowest BCUT2D eigenvalue weighted by Gasteiger charge is -2.16. The Balaban J connectivity index is 1.27. The summed E-state index contributed by atoms with van der Waals surface area (Å²) in [5.41, 5.74) is 5.10. The molecule has 164 valence electrons. The molecule has 4 aromatic rings. The molecule has 1 saturated heterocycles. The number of imidazole rings is 1. The number of likely N-dealkylation sites (tertiary alicyclic amines) is 1. The Bertz CT molecular complexity index is 1290. The van der Waals surface area contributed by atoms with Crippen LogP contribution < -0.4 is 4.74 Å². The highest BCUT2D eigenvalue weighted by molar-refractivity contribution is 6.32. The number of H-pyrrole nitrogens is 1. The minimum atomic E-state index is 0.0147. The number of hydrogen-bond donors (Lipinski definition) is 1. The number of carbonyl (C=O) groups is 1. The zero-order chi connectivity index (χ0) is 22.2. The Morgan fingerprint density at radius 1 is 1.25 bits per heavy atom. The van der Waals surface area contributed by atoms with Crippen molar-refractivity contribution in [1.29, 1.82) is 0 Å². The van der Waals surface area contributed by atoms with Crippen LogP contribution in [0.25, 0.3) is 5.65 Å². The average molecular weight is 450 g/mol. The number of fused-ring (bicyclic) bond motifs is 1. The van der Waals surface area contributed by atoms with Crippen molar-refractivity contribution >= 4 is 23.2 Å². The van der Waals surface area contributed by atoms with Gasteiger partial charge < -0.3 is 9.64 Å². The number of pyridine rings is 1. The summed E-state index contributed by atoms with van der Waals surface area (Å²) in [6.07, 6.45) is 2.78. The van der Waals surface area contributed by atoms with Crippen molar-refractivity contribution in [1.82, 2.24) is 24.5 Å². The molecule has 0 radical (unpaired) electrons. The van der Waals surface area contributed by atoms with Crippen molar-refractivity contribution in [2.24, 2.45) is 0 Å². The molecule has 0 saturated carbocycles. The number of aryl methyl sites for hydroxylation is 2. The third kappa shape index (κ3) is 3.73. The number of hydrogen-bond acceptors (Lipinski definition) is 4. The molecule has 8 heteroatoms. The molecule has 0 bridgehead atoms. The molecular formula is C24H24ClN5O2. The SMILES string of the molecule is Cc1nc2c(C)cccn2c1C(=O)N1CC[C@H](c2cc(COc3ccccc3Cl)[nH]n2)C1. The number of aromatic nitrogens is 4. The van der Waals surface area contributed by atoms with E-state index in [1.807, 2.05) is 65.7 Å². The Hall–Kier alpha value is -3.32. The number of para-hydroxylation sites is 1. The van der Waals surface area contributed by atoms with Crippen LogP contribution in [0, 0.1) is 13.8 Å². The van der Waals surface area contributed by atoms with E-state index in [1.165, 1.54) is 0 Å². The van der Waals surface area contributed by atoms with Gasteiger partial charge in [0.1, 0.15) is 23.7 Å². The van der Waals surface area contributed by atoms with E-state index in [0.29, 0.717) is 36.2 Å². The van der Waals surface area contributed by atoms with Gasteiger partial charge in [-0.1, -0.05) is 29.8 Å². The normalized spacial score (nSPS) is 16.1. The number of ether oxygens (including phenoxy) is 1. The summed E-state index contributed by atoms with van der Waals surface area (Å²) in [5.74, 6) is 0.841. The summed E-state index contributed by atoms with van der Waals surface area (Å²) in [7, 11) is 0. The molecule has 0 aliphatic carbocycles. The van der Waals surface area contributed by atoms with E-state index in [2.05, 4.69) is 15.2 Å². The molecular weight excluding hydrogens is 426 g/mol. The summed E-state index contributed by atoms with van der Waals surface area (Å²) in [4.78, 5) is 19.8. The van der Waals surface area contributed by atoms with Crippen LogP contribution in [-0.2, 0) is 6.61 Å². The van der Waals surface area contributed by atoms with Crippen LogP contribution >= 0.6 is 11.6 Å². The maximum Gasteiger partial charge on any atom is 0.272 e. The molecule has 1 amide bonds. The Morgan fingerprint density at radius 3 is 2.94 bits per heavy atom. The van der Waals surface area contributed by atoms with Crippen LogP contribution in [-0.4, -0.2) is 43.5 Å². The first-order valence-electron chi connectivity index (χ1n) is 10.7. The first kappa shape index (κ1) is 20.6. The lowest BCUT2D eigenvalue weighted by atomic mass is 10.1. The Kier molecular flexibility index (Phi) is 5.35. The first-order chi connectivity index (χ1) is 15.5. The third-order valence-corrected chi connectivity index (χ3v) is 6.30. The zero-order valence-electron chi connectivity index (χ0n) is 18.0. The standard InChI is InChI=1S/C24H24ClN5O2/c1-15-6-5-10-30-22(16(2)26-23(15)30)24(31)29-11-9-17(13-29)20-12-18(27-28-20)14-32-21-8-4-3-7-19(21)25/h3-8,10,12,17H,9,11,13-14H2,1-2H3,(H,27,28)/t17-/m0/s1. The number of rotatable bonds is 5. The molecule has 1 aliphatic rings. The second-order valence-corrected chi connectivity index (χ2v) is 8.61. The van der Waals surface area contributed by atoms with Gasteiger partial charge in [0.05, 0.1) is 22.1 Å². The van der Waals surface area contributed by atoms with E-state index in [-0.39, 0.29) is 11.8 Å². The maximum absolute atomic E-state index is 13.3. The maximum atomic E-state index is 13.3. The highest BCUT2D eigenvalue weighted by atomic mass is 35.5. The van der Waals surface area contributed by atoms with Crippen molar-refractivity contribution in [2.45, 2.75) is 32.8 Å². The van der Waals surface area contributed by atoms with Gasteiger partial charge in [-0.15, -0.1) is 0 Å². The van der Waals surface area contributed by atoms with Gasteiger partial charge in [0.25, 0.3) is 5.91 Å². The zero-order valence-corrected chi connectivity index (χ0v) is 18.8. The summed E-state index contributed by atoms with van der Waals surface area (Å²) in [6.45, 7) is 5.58. The highest BCUT2D eigenvalue weighted by Crippen LogP contribution is 2.29. The fourth-order valence-corrected chi connectivity index (χ4v) is 4.48. The number of amides is 1. The van der Waals surface area contributed by atoms with Crippen LogP contribution in [0.15, 0.2) is 48.7 Å². The Labute approximate surface area is 191 Å². The van der Waals surface area contributed by atoms with E-state index in [9.17, 15) is 4.79 Å². The van der Waals surface area contributed by atoms with Gasteiger partial charge >= 0.3 is 0 Å². The molecule has 7 nitrogen and oxygen atoms in total. The van der Waals surface area contributed by atoms with Crippen molar-refractivity contribution in [3.8, 4) is 5.75 Å². The average Bonchev–Trinajstić information content (AvgIpc) is 3.51. The molecule has 0 spiro atoms. The van der Waals surface area contributed by atoms with Gasteiger partial charge in [0, 0.05) is 25.2 Å². The van der Waals surface area contributed by atoms with Crippen molar-refractivity contribution in [2.75, 3.05) is 13.1 Å². The minimum Gasteiger partial charge on any atom is -0.486 e. The third-order valence-electron chi connectivity index (χ3n) is 5.99. The predicted octanol–water partition coefficient (Wildman–Crippen LogP) is 4.54. The molecule has 32 heavy (non-hydrogen) atoms. The van der Waals surface area contributed by atoms with E-state index in [0.717, 1.165) is 34.7 Å². The first-order valence-corrected chi connectivity index (χ1v) is 11.0. The molecule has 1 fully saturated rings. The Morgan fingerprint density at radius 2 is 2.09 bits per heavy atom. The van der Waals surface area contributed by atoms with Gasteiger partial charge in [-0.3, -0.25) is 14.3 Å². The van der Waals surface area contributed by atoms with Gasteiger partial charge in [0.2, 0.25) is 0 Å². The van der Waals surface area contributed by atoms with Crippen LogP contribution in [0.4, 0.5) is 0 Å². The predicted molar refractivity (Wildman–Crippen MR) is 122 cm³/mol. The number of aromatic amines is 1. The van der Waals surface area contributed by atoms with E-state index >= 15 is 0 Å². The lowest BCUT2D eigenvalue weighted by molar-refractivity contribution is 0.0783. The quantitative estimate of drug-likeness (QED) is 0.485. The van der Waals surface area contributed by atoms with E-state index in [4.69, 9.17) is 16.3 Å². The van der Waals surface area contributed by atoms with Crippen molar-refractivity contribution < 1.29 is 9.53 Å². The molecule has 5 rings (SSSR count). The summed E-state index contributed by atoms with van der Waals surface area (Å²) in [6, 6.07) is 13.4. The summed E-state index contributed by atoms with van der Waals surface area (Å²) in [5, 5.41) is 8.10. The minimum absolute atomic E-state index is 0.0147. The van der Waals surface area contributed by atoms with Crippen LogP contribution in [0.3, 0.4) is 0 Å². The van der Waals surface area contributed by atoms with E-state index in [1.54, 1.807) is 6.07 Å². The molecule has 1 atom stereocenters. The van der Waals surface area contributed by atoms with Gasteiger partial charge in [-0.2, -0.15) is 5.10 Å². The molecule has 4 heterocycles. The largest absolute Gasteiger partial charge is 0.486 e. The monoisotopic (exact) mass is 449 g/mol. The number of nitrogens with zero attached hydrogens (tertiary/aromatic N) is 4. The number of nitrogens with one attached hydrogen (secondary N) is 1. The fourth-order valence-electron chi connectivity index (χ4n) is 4.29. The molecule has 1 N–H and O–H groups in total. The second-order valence-electron chi connectivity index (χ2n) is 8.20. The molecule has 0 unspecified atom stereocenters. The number of carbonyl (C=O) groups excluding carboxylic acids is 1. The van der Waals surface area contributed by atoms with Gasteiger partial charge in [-0.05, 0) is 50.1 Å². The second kappa shape index (κ2) is 8.31. The molecule has 3 aromatic heterocycles. The number of benzene rings is 1. The topological polar surface area (TPSA) is 75.5 Å².